The number of benzene rings is 1. The zero-order chi connectivity index (χ0) is 17.2. The zero-order valence-corrected chi connectivity index (χ0v) is 16.2. The van der Waals surface area contributed by atoms with Crippen LogP contribution in [0, 0.1) is 0 Å². The Morgan fingerprint density at radius 3 is 1.91 bits per heavy atom. The smallest absolute Gasteiger partial charge is 0.126 e. The number of rotatable bonds is 11. The summed E-state index contributed by atoms with van der Waals surface area (Å²) in [6.07, 6.45) is 3.73. The summed E-state index contributed by atoms with van der Waals surface area (Å²) < 4.78 is 6.24. The van der Waals surface area contributed by atoms with E-state index in [1.165, 1.54) is 43.6 Å². The maximum atomic E-state index is 6.24. The first-order valence-corrected chi connectivity index (χ1v) is 9.60. The third kappa shape index (κ3) is 6.55. The van der Waals surface area contributed by atoms with E-state index in [-0.39, 0.29) is 0 Å². The van der Waals surface area contributed by atoms with Gasteiger partial charge in [-0.15, -0.1) is 0 Å². The second kappa shape index (κ2) is 10.7. The number of hydrogen-bond donors (Lipinski definition) is 1. The molecule has 0 amide bonds. The van der Waals surface area contributed by atoms with Crippen molar-refractivity contribution in [3.63, 3.8) is 0 Å². The highest BCUT2D eigenvalue weighted by molar-refractivity contribution is 5.44. The predicted molar refractivity (Wildman–Crippen MR) is 101 cm³/mol. The van der Waals surface area contributed by atoms with Gasteiger partial charge in [-0.1, -0.05) is 45.9 Å². The molecule has 0 radical (unpaired) electrons. The number of unbranched alkanes of at least 4 members (excludes halogenated alkanes) is 2. The molecule has 0 saturated heterocycles. The molecule has 2 heteroatoms. The average Bonchev–Trinajstić information content (AvgIpc) is 2.53. The van der Waals surface area contributed by atoms with Crippen LogP contribution < -0.4 is 9.64 Å². The minimum atomic E-state index is 0.509. The summed E-state index contributed by atoms with van der Waals surface area (Å²) in [6, 6.07) is 6.61. The van der Waals surface area contributed by atoms with Gasteiger partial charge < -0.3 is 9.64 Å². The second-order valence-corrected chi connectivity index (χ2v) is 7.19. The summed E-state index contributed by atoms with van der Waals surface area (Å²) in [5, 5.41) is 0. The number of hydrogen-bond acceptors (Lipinski definition) is 1. The first kappa shape index (κ1) is 20.0. The molecule has 0 fully saturated rings. The molecular weight excluding hydrogens is 282 g/mol. The maximum Gasteiger partial charge on any atom is 0.126 e. The van der Waals surface area contributed by atoms with Gasteiger partial charge in [0.05, 0.1) is 26.2 Å². The van der Waals surface area contributed by atoms with Crippen LogP contribution in [0.4, 0.5) is 0 Å². The maximum absolute atomic E-state index is 6.24. The number of para-hydroxylation sites is 1. The Bertz CT molecular complexity index is 409. The minimum absolute atomic E-state index is 0.509. The van der Waals surface area contributed by atoms with Crippen LogP contribution in [0.3, 0.4) is 0 Å². The summed E-state index contributed by atoms with van der Waals surface area (Å²) in [6.45, 7) is 18.2. The van der Waals surface area contributed by atoms with Gasteiger partial charge in [0.25, 0.3) is 0 Å². The highest BCUT2D eigenvalue weighted by Crippen LogP contribution is 2.34. The van der Waals surface area contributed by atoms with Crippen LogP contribution >= 0.6 is 0 Å². The van der Waals surface area contributed by atoms with E-state index >= 15 is 0 Å². The SMILES string of the molecule is CC[NH+](CC)CCCCCOc1c(C(C)C)cccc1C(C)C. The molecule has 0 aliphatic rings. The molecule has 1 aromatic carbocycles. The van der Waals surface area contributed by atoms with E-state index in [9.17, 15) is 0 Å². The Labute approximate surface area is 144 Å². The highest BCUT2D eigenvalue weighted by Gasteiger charge is 2.14. The summed E-state index contributed by atoms with van der Waals surface area (Å²) in [5.41, 5.74) is 2.70. The van der Waals surface area contributed by atoms with Crippen LogP contribution in [0.1, 0.15) is 83.8 Å². The lowest BCUT2D eigenvalue weighted by Crippen LogP contribution is -3.11. The topological polar surface area (TPSA) is 13.7 Å². The van der Waals surface area contributed by atoms with Crippen molar-refractivity contribution in [2.75, 3.05) is 26.2 Å². The third-order valence-corrected chi connectivity index (χ3v) is 4.74. The molecule has 0 aromatic heterocycles. The predicted octanol–water partition coefficient (Wildman–Crippen LogP) is 4.41. The van der Waals surface area contributed by atoms with Crippen LogP contribution in [-0.4, -0.2) is 26.2 Å². The molecule has 0 spiro atoms. The van der Waals surface area contributed by atoms with Gasteiger partial charge in [0.1, 0.15) is 5.75 Å². The molecule has 0 aliphatic carbocycles. The molecule has 1 N–H and O–H groups in total. The molecule has 23 heavy (non-hydrogen) atoms. The largest absolute Gasteiger partial charge is 0.493 e. The second-order valence-electron chi connectivity index (χ2n) is 7.19. The first-order chi connectivity index (χ1) is 11.0. The third-order valence-electron chi connectivity index (χ3n) is 4.74. The van der Waals surface area contributed by atoms with E-state index in [1.807, 2.05) is 0 Å². The summed E-state index contributed by atoms with van der Waals surface area (Å²) in [4.78, 5) is 1.71. The Morgan fingerprint density at radius 1 is 0.870 bits per heavy atom. The molecule has 0 bridgehead atoms. The molecule has 0 heterocycles. The van der Waals surface area contributed by atoms with Crippen molar-refractivity contribution in [1.82, 2.24) is 0 Å². The van der Waals surface area contributed by atoms with Crippen LogP contribution in [0.2, 0.25) is 0 Å². The summed E-state index contributed by atoms with van der Waals surface area (Å²) in [7, 11) is 0. The van der Waals surface area contributed by atoms with Crippen LogP contribution in [0.15, 0.2) is 18.2 Å². The molecule has 132 valence electrons. The highest BCUT2D eigenvalue weighted by atomic mass is 16.5. The van der Waals surface area contributed by atoms with Crippen molar-refractivity contribution in [1.29, 1.82) is 0 Å². The van der Waals surface area contributed by atoms with Crippen LogP contribution in [0.5, 0.6) is 5.75 Å². The Kier molecular flexibility index (Phi) is 9.31. The lowest BCUT2D eigenvalue weighted by Gasteiger charge is -2.20. The molecule has 0 unspecified atom stereocenters. The van der Waals surface area contributed by atoms with Crippen molar-refractivity contribution in [2.24, 2.45) is 0 Å². The molecule has 0 aliphatic heterocycles. The van der Waals surface area contributed by atoms with Crippen molar-refractivity contribution < 1.29 is 9.64 Å². The normalized spacial score (nSPS) is 11.7. The molecule has 2 nitrogen and oxygen atoms in total. The van der Waals surface area contributed by atoms with Crippen LogP contribution in [-0.2, 0) is 0 Å². The quantitative estimate of drug-likeness (QED) is 0.596. The van der Waals surface area contributed by atoms with E-state index in [4.69, 9.17) is 4.74 Å². The van der Waals surface area contributed by atoms with Crippen molar-refractivity contribution in [2.45, 2.75) is 72.6 Å². The van der Waals surface area contributed by atoms with E-state index < -0.39 is 0 Å². The molecule has 0 atom stereocenters. The number of nitrogens with one attached hydrogen (secondary N) is 1. The fraction of sp³-hybridized carbons (Fsp3) is 0.714. The standard InChI is InChI=1S/C21H37NO/c1-7-22(8-2)15-10-9-11-16-23-21-19(17(3)4)13-12-14-20(21)18(5)6/h12-14,17-18H,7-11,15-16H2,1-6H3/p+1. The lowest BCUT2D eigenvalue weighted by molar-refractivity contribution is -0.896. The Hall–Kier alpha value is -1.02. The molecule has 0 saturated carbocycles. The van der Waals surface area contributed by atoms with Gasteiger partial charge in [0, 0.05) is 0 Å². The Morgan fingerprint density at radius 2 is 1.43 bits per heavy atom. The van der Waals surface area contributed by atoms with Crippen molar-refractivity contribution >= 4 is 0 Å². The van der Waals surface area contributed by atoms with E-state index in [1.54, 1.807) is 4.90 Å². The van der Waals surface area contributed by atoms with Crippen LogP contribution in [0.25, 0.3) is 0 Å². The fourth-order valence-corrected chi connectivity index (χ4v) is 3.08. The van der Waals surface area contributed by atoms with Crippen molar-refractivity contribution in [3.8, 4) is 5.75 Å². The lowest BCUT2D eigenvalue weighted by atomic mass is 9.94. The Balaban J connectivity index is 2.51. The average molecular weight is 321 g/mol. The number of ether oxygens (including phenoxy) is 1. The van der Waals surface area contributed by atoms with E-state index in [2.05, 4.69) is 59.7 Å². The van der Waals surface area contributed by atoms with Gasteiger partial charge in [-0.3, -0.25) is 0 Å². The van der Waals surface area contributed by atoms with Gasteiger partial charge in [0.15, 0.2) is 0 Å². The van der Waals surface area contributed by atoms with Gasteiger partial charge in [-0.25, -0.2) is 0 Å². The first-order valence-electron chi connectivity index (χ1n) is 9.60. The summed E-state index contributed by atoms with van der Waals surface area (Å²) >= 11 is 0. The monoisotopic (exact) mass is 320 g/mol. The van der Waals surface area contributed by atoms with E-state index in [0.29, 0.717) is 11.8 Å². The number of quaternary nitrogens is 1. The fourth-order valence-electron chi connectivity index (χ4n) is 3.08. The van der Waals surface area contributed by atoms with Gasteiger partial charge in [0.2, 0.25) is 0 Å². The van der Waals surface area contributed by atoms with Gasteiger partial charge in [-0.05, 0) is 56.1 Å². The summed E-state index contributed by atoms with van der Waals surface area (Å²) in [5.74, 6) is 2.16. The zero-order valence-electron chi connectivity index (χ0n) is 16.2. The molecular formula is C21H38NO+. The molecule has 1 aromatic rings. The van der Waals surface area contributed by atoms with Gasteiger partial charge in [-0.2, -0.15) is 0 Å². The van der Waals surface area contributed by atoms with Crippen molar-refractivity contribution in [3.05, 3.63) is 29.3 Å². The van der Waals surface area contributed by atoms with E-state index in [0.717, 1.165) is 18.8 Å². The molecule has 1 rings (SSSR count). The van der Waals surface area contributed by atoms with Gasteiger partial charge >= 0.3 is 0 Å². The minimum Gasteiger partial charge on any atom is -0.493 e.